The Morgan fingerprint density at radius 3 is 1.46 bits per heavy atom. The first-order valence-electron chi connectivity index (χ1n) is 18.1. The van der Waals surface area contributed by atoms with Crippen LogP contribution >= 0.6 is 0 Å². The molecular weight excluding hydrogens is 655 g/mol. The van der Waals surface area contributed by atoms with Crippen LogP contribution in [-0.2, 0) is 0 Å². The number of hydrogen-bond acceptors (Lipinski definition) is 3. The van der Waals surface area contributed by atoms with E-state index in [9.17, 15) is 0 Å². The normalized spacial score (nSPS) is 11.2. The Bertz CT molecular complexity index is 2810. The van der Waals surface area contributed by atoms with E-state index in [0.29, 0.717) is 5.82 Å². The Kier molecular flexibility index (Phi) is 7.71. The van der Waals surface area contributed by atoms with E-state index in [2.05, 4.69) is 187 Å². The van der Waals surface area contributed by atoms with Crippen LogP contribution in [0.2, 0.25) is 0 Å². The predicted octanol–water partition coefficient (Wildman–Crippen LogP) is 12.9. The molecule has 3 heteroatoms. The molecule has 0 aliphatic heterocycles. The van der Waals surface area contributed by atoms with Gasteiger partial charge < -0.3 is 0 Å². The molecule has 0 spiro atoms. The highest BCUT2D eigenvalue weighted by molar-refractivity contribution is 5.98. The monoisotopic (exact) mass is 685 g/mol. The number of nitrogens with zero attached hydrogens (tertiary/aromatic N) is 3. The standard InChI is InChI=1S/C51H31N3/c1-4-14-44-35(9-1)12-7-16-46(44)37-21-27-40(28-22-37)50-32-49(39-25-19-34(20-26-39)43-31-42-11-3-6-18-48(42)52-33-43)53-51(54-50)41-29-23-38(24-30-41)47-17-8-13-36-10-2-5-15-45(36)47/h1-5,7-17,19-33H. The summed E-state index contributed by atoms with van der Waals surface area (Å²) < 4.78 is 0. The molecule has 2 heterocycles. The molecule has 0 radical (unpaired) electrons. The van der Waals surface area contributed by atoms with Crippen molar-refractivity contribution in [1.29, 1.82) is 0 Å². The first-order valence-corrected chi connectivity index (χ1v) is 18.1. The van der Waals surface area contributed by atoms with Gasteiger partial charge >= 0.3 is 0 Å². The minimum atomic E-state index is 0.681. The molecule has 0 aliphatic carbocycles. The van der Waals surface area contributed by atoms with Crippen LogP contribution < -0.4 is 0 Å². The molecule has 0 saturated carbocycles. The van der Waals surface area contributed by atoms with Crippen molar-refractivity contribution in [3.05, 3.63) is 200 Å². The zero-order valence-electron chi connectivity index (χ0n) is 29.2. The fourth-order valence-corrected chi connectivity index (χ4v) is 7.39. The third-order valence-electron chi connectivity index (χ3n) is 10.2. The van der Waals surface area contributed by atoms with E-state index in [1.54, 1.807) is 0 Å². The van der Waals surface area contributed by atoms with Gasteiger partial charge in [0.15, 0.2) is 5.82 Å². The molecule has 0 saturated heterocycles. The minimum Gasteiger partial charge on any atom is -0.246 e. The van der Waals surface area contributed by atoms with Gasteiger partial charge in [-0.1, -0.05) is 164 Å². The van der Waals surface area contributed by atoms with E-state index >= 15 is 0 Å². The average molecular weight is 686 g/mol. The van der Waals surface area contributed by atoms with Gasteiger partial charge in [0.2, 0.25) is 0 Å². The first kappa shape index (κ1) is 31.3. The molecule has 8 aromatic carbocycles. The molecule has 0 aliphatic rings. The Morgan fingerprint density at radius 1 is 0.370 bits per heavy atom. The van der Waals surface area contributed by atoms with Crippen LogP contribution in [0.1, 0.15) is 0 Å². The van der Waals surface area contributed by atoms with Crippen LogP contribution in [0.3, 0.4) is 0 Å². The molecular formula is C51H31N3. The molecule has 2 aromatic heterocycles. The molecule has 250 valence electrons. The Morgan fingerprint density at radius 2 is 0.870 bits per heavy atom. The fraction of sp³-hybridized carbons (Fsp3) is 0. The Labute approximate surface area is 313 Å². The van der Waals surface area contributed by atoms with Crippen molar-refractivity contribution < 1.29 is 0 Å². The van der Waals surface area contributed by atoms with E-state index in [4.69, 9.17) is 9.97 Å². The second-order valence-corrected chi connectivity index (χ2v) is 13.5. The van der Waals surface area contributed by atoms with Crippen molar-refractivity contribution >= 4 is 32.4 Å². The lowest BCUT2D eigenvalue weighted by Gasteiger charge is -2.12. The molecule has 0 bridgehead atoms. The van der Waals surface area contributed by atoms with E-state index in [1.807, 2.05) is 18.3 Å². The SMILES string of the molecule is c1ccc2cc(-c3ccc(-c4cc(-c5ccc(-c6cccc7ccccc67)cc5)nc(-c5ccc(-c6cccc7ccccc67)cc5)n4)cc3)cnc2c#1. The van der Waals surface area contributed by atoms with Crippen molar-refractivity contribution in [3.8, 4) is 67.3 Å². The van der Waals surface area contributed by atoms with Crippen molar-refractivity contribution in [2.75, 3.05) is 0 Å². The summed E-state index contributed by atoms with van der Waals surface area (Å²) in [7, 11) is 0. The van der Waals surface area contributed by atoms with Gasteiger partial charge in [-0.2, -0.15) is 0 Å². The Hall–Kier alpha value is -7.41. The number of pyridine rings is 1. The fourth-order valence-electron chi connectivity index (χ4n) is 7.39. The summed E-state index contributed by atoms with van der Waals surface area (Å²) in [5.41, 5.74) is 12.4. The molecule has 10 rings (SSSR count). The minimum absolute atomic E-state index is 0.681. The largest absolute Gasteiger partial charge is 0.246 e. The number of hydrogen-bond donors (Lipinski definition) is 0. The average Bonchev–Trinajstić information content (AvgIpc) is 3.26. The maximum atomic E-state index is 5.17. The lowest BCUT2D eigenvalue weighted by atomic mass is 9.96. The predicted molar refractivity (Wildman–Crippen MR) is 223 cm³/mol. The van der Waals surface area contributed by atoms with Crippen molar-refractivity contribution in [1.82, 2.24) is 15.0 Å². The van der Waals surface area contributed by atoms with Crippen LogP contribution in [0.25, 0.3) is 99.7 Å². The maximum absolute atomic E-state index is 5.17. The third-order valence-corrected chi connectivity index (χ3v) is 10.2. The number of benzene rings is 7. The van der Waals surface area contributed by atoms with Crippen LogP contribution in [0.15, 0.2) is 188 Å². The lowest BCUT2D eigenvalue weighted by Crippen LogP contribution is -1.96. The second kappa shape index (κ2) is 13.3. The Balaban J connectivity index is 1.04. The van der Waals surface area contributed by atoms with Gasteiger partial charge in [-0.3, -0.25) is 0 Å². The van der Waals surface area contributed by atoms with Gasteiger partial charge in [-0.05, 0) is 79.7 Å². The highest BCUT2D eigenvalue weighted by Crippen LogP contribution is 2.34. The van der Waals surface area contributed by atoms with Crippen molar-refractivity contribution in [3.63, 3.8) is 0 Å². The van der Waals surface area contributed by atoms with Gasteiger partial charge in [0.05, 0.1) is 11.4 Å². The molecule has 0 atom stereocenters. The van der Waals surface area contributed by atoms with Crippen LogP contribution in [-0.4, -0.2) is 15.0 Å². The topological polar surface area (TPSA) is 38.7 Å². The van der Waals surface area contributed by atoms with Crippen molar-refractivity contribution in [2.45, 2.75) is 0 Å². The summed E-state index contributed by atoms with van der Waals surface area (Å²) in [5.74, 6) is 0.681. The summed E-state index contributed by atoms with van der Waals surface area (Å²) in [6, 6.07) is 70.1. The number of aromatic nitrogens is 3. The highest BCUT2D eigenvalue weighted by atomic mass is 14.9. The van der Waals surface area contributed by atoms with Crippen LogP contribution in [0.4, 0.5) is 0 Å². The molecule has 3 nitrogen and oxygen atoms in total. The second-order valence-electron chi connectivity index (χ2n) is 13.5. The summed E-state index contributed by atoms with van der Waals surface area (Å²) >= 11 is 0. The lowest BCUT2D eigenvalue weighted by molar-refractivity contribution is 1.18. The summed E-state index contributed by atoms with van der Waals surface area (Å²) in [6.45, 7) is 0. The van der Waals surface area contributed by atoms with Gasteiger partial charge in [0.25, 0.3) is 0 Å². The van der Waals surface area contributed by atoms with Gasteiger partial charge in [-0.15, -0.1) is 0 Å². The summed E-state index contributed by atoms with van der Waals surface area (Å²) in [6.07, 6.45) is 1.90. The maximum Gasteiger partial charge on any atom is 0.160 e. The quantitative estimate of drug-likeness (QED) is 0.175. The number of rotatable bonds is 6. The first-order chi connectivity index (χ1) is 26.7. The summed E-state index contributed by atoms with van der Waals surface area (Å²) in [5, 5.41) is 5.98. The van der Waals surface area contributed by atoms with Crippen LogP contribution in [0, 0.1) is 12.1 Å². The van der Waals surface area contributed by atoms with E-state index in [0.717, 1.165) is 55.7 Å². The summed E-state index contributed by atoms with van der Waals surface area (Å²) in [4.78, 5) is 14.9. The zero-order chi connectivity index (χ0) is 35.8. The van der Waals surface area contributed by atoms with E-state index in [1.165, 1.54) is 38.2 Å². The van der Waals surface area contributed by atoms with E-state index in [-0.39, 0.29) is 0 Å². The molecule has 10 aromatic rings. The molecule has 0 N–H and O–H groups in total. The van der Waals surface area contributed by atoms with Gasteiger partial charge in [0, 0.05) is 33.8 Å². The van der Waals surface area contributed by atoms with Gasteiger partial charge in [0.1, 0.15) is 5.52 Å². The van der Waals surface area contributed by atoms with Crippen LogP contribution in [0.5, 0.6) is 0 Å². The molecule has 0 fully saturated rings. The highest BCUT2D eigenvalue weighted by Gasteiger charge is 2.13. The molecule has 0 unspecified atom stereocenters. The third kappa shape index (κ3) is 5.83. The number of fused-ring (bicyclic) bond motifs is 3. The van der Waals surface area contributed by atoms with Crippen molar-refractivity contribution in [2.24, 2.45) is 0 Å². The molecule has 54 heavy (non-hydrogen) atoms. The molecule has 0 amide bonds. The zero-order valence-corrected chi connectivity index (χ0v) is 29.2. The van der Waals surface area contributed by atoms with E-state index < -0.39 is 0 Å². The van der Waals surface area contributed by atoms with Gasteiger partial charge in [-0.25, -0.2) is 15.0 Å². The smallest absolute Gasteiger partial charge is 0.160 e.